The van der Waals surface area contributed by atoms with Crippen LogP contribution < -0.4 is 16.4 Å². The van der Waals surface area contributed by atoms with E-state index in [-0.39, 0.29) is 12.1 Å². The average molecular weight is 231 g/mol. The zero-order chi connectivity index (χ0) is 12.8. The lowest BCUT2D eigenvalue weighted by Crippen LogP contribution is -2.54. The van der Waals surface area contributed by atoms with E-state index >= 15 is 0 Å². The Bertz CT molecular complexity index is 258. The number of imide groups is 1. The number of aliphatic hydroxyl groups excluding tert-OH is 1. The van der Waals surface area contributed by atoms with Gasteiger partial charge in [0.15, 0.2) is 0 Å². The molecule has 0 aliphatic rings. The number of carbonyl (C=O) groups excluding carboxylic acids is 2. The van der Waals surface area contributed by atoms with Gasteiger partial charge < -0.3 is 16.2 Å². The average Bonchev–Trinajstić information content (AvgIpc) is 2.17. The molecule has 0 radical (unpaired) electrons. The smallest absolute Gasteiger partial charge is 0.318 e. The standard InChI is InChI=1S/C10H21N3O3/c1-4-10(3,5-6-14)13-7(2)8(15)12-9(11)16/h7,13-14H,4-6H2,1-3H3,(H3,11,12,15,16). The second-order valence-corrected chi connectivity index (χ2v) is 4.11. The highest BCUT2D eigenvalue weighted by molar-refractivity contribution is 5.96. The molecule has 2 atom stereocenters. The lowest BCUT2D eigenvalue weighted by Gasteiger charge is -2.32. The van der Waals surface area contributed by atoms with Gasteiger partial charge in [-0.15, -0.1) is 0 Å². The number of nitrogens with two attached hydrogens (primary N) is 1. The summed E-state index contributed by atoms with van der Waals surface area (Å²) in [6.07, 6.45) is 1.31. The van der Waals surface area contributed by atoms with Crippen LogP contribution in [0.3, 0.4) is 0 Å². The number of carbonyl (C=O) groups is 2. The van der Waals surface area contributed by atoms with E-state index in [0.717, 1.165) is 6.42 Å². The number of rotatable bonds is 6. The van der Waals surface area contributed by atoms with Gasteiger partial charge in [0.25, 0.3) is 0 Å². The highest BCUT2D eigenvalue weighted by Crippen LogP contribution is 2.14. The molecule has 0 aromatic rings. The Labute approximate surface area is 95.6 Å². The molecule has 0 bridgehead atoms. The summed E-state index contributed by atoms with van der Waals surface area (Å²) >= 11 is 0. The van der Waals surface area contributed by atoms with Crippen molar-refractivity contribution in [3.8, 4) is 0 Å². The molecule has 6 heteroatoms. The van der Waals surface area contributed by atoms with Crippen molar-refractivity contribution in [3.63, 3.8) is 0 Å². The van der Waals surface area contributed by atoms with E-state index in [0.29, 0.717) is 6.42 Å². The minimum absolute atomic E-state index is 0.0432. The van der Waals surface area contributed by atoms with Gasteiger partial charge in [0.1, 0.15) is 0 Å². The van der Waals surface area contributed by atoms with Gasteiger partial charge in [-0.2, -0.15) is 0 Å². The Morgan fingerprint density at radius 1 is 1.50 bits per heavy atom. The fourth-order valence-electron chi connectivity index (χ4n) is 1.42. The zero-order valence-electron chi connectivity index (χ0n) is 10.0. The van der Waals surface area contributed by atoms with Crippen molar-refractivity contribution in [3.05, 3.63) is 0 Å². The minimum atomic E-state index is -0.862. The molecular weight excluding hydrogens is 210 g/mol. The molecule has 0 rings (SSSR count). The largest absolute Gasteiger partial charge is 0.396 e. The predicted molar refractivity (Wildman–Crippen MR) is 60.7 cm³/mol. The van der Waals surface area contributed by atoms with E-state index in [9.17, 15) is 9.59 Å². The van der Waals surface area contributed by atoms with E-state index in [1.165, 1.54) is 0 Å². The van der Waals surface area contributed by atoms with Crippen molar-refractivity contribution >= 4 is 11.9 Å². The van der Waals surface area contributed by atoms with Crippen molar-refractivity contribution in [2.24, 2.45) is 5.73 Å². The highest BCUT2D eigenvalue weighted by atomic mass is 16.3. The van der Waals surface area contributed by atoms with E-state index in [1.807, 2.05) is 19.2 Å². The van der Waals surface area contributed by atoms with Gasteiger partial charge in [-0.1, -0.05) is 6.92 Å². The van der Waals surface area contributed by atoms with Crippen LogP contribution in [0.2, 0.25) is 0 Å². The number of hydrogen-bond donors (Lipinski definition) is 4. The first-order valence-corrected chi connectivity index (χ1v) is 5.33. The Morgan fingerprint density at radius 2 is 2.06 bits per heavy atom. The fraction of sp³-hybridized carbons (Fsp3) is 0.800. The van der Waals surface area contributed by atoms with Crippen molar-refractivity contribution in [1.29, 1.82) is 0 Å². The zero-order valence-corrected chi connectivity index (χ0v) is 10.0. The monoisotopic (exact) mass is 231 g/mol. The Hall–Kier alpha value is -1.14. The summed E-state index contributed by atoms with van der Waals surface area (Å²) < 4.78 is 0. The molecule has 0 fully saturated rings. The van der Waals surface area contributed by atoms with Crippen molar-refractivity contribution < 1.29 is 14.7 Å². The summed E-state index contributed by atoms with van der Waals surface area (Å²) in [6.45, 7) is 5.56. The number of urea groups is 1. The van der Waals surface area contributed by atoms with E-state index in [2.05, 4.69) is 5.32 Å². The maximum absolute atomic E-state index is 11.4. The van der Waals surface area contributed by atoms with Crippen LogP contribution in [-0.2, 0) is 4.79 Å². The third-order valence-electron chi connectivity index (χ3n) is 2.65. The van der Waals surface area contributed by atoms with Gasteiger partial charge in [0.05, 0.1) is 6.04 Å². The molecule has 6 nitrogen and oxygen atoms in total. The van der Waals surface area contributed by atoms with E-state index in [4.69, 9.17) is 10.8 Å². The first-order valence-electron chi connectivity index (χ1n) is 5.33. The van der Waals surface area contributed by atoms with Crippen LogP contribution in [0.15, 0.2) is 0 Å². The molecule has 0 aromatic carbocycles. The maximum Gasteiger partial charge on any atom is 0.318 e. The van der Waals surface area contributed by atoms with Crippen LogP contribution in [-0.4, -0.2) is 35.2 Å². The van der Waals surface area contributed by atoms with E-state index < -0.39 is 18.0 Å². The lowest BCUT2D eigenvalue weighted by atomic mass is 9.94. The Kier molecular flexibility index (Phi) is 5.98. The van der Waals surface area contributed by atoms with Gasteiger partial charge in [-0.05, 0) is 26.7 Å². The van der Waals surface area contributed by atoms with Gasteiger partial charge >= 0.3 is 6.03 Å². The van der Waals surface area contributed by atoms with Crippen molar-refractivity contribution in [2.75, 3.05) is 6.61 Å². The maximum atomic E-state index is 11.4. The summed E-state index contributed by atoms with van der Waals surface area (Å²) in [5.74, 6) is -0.467. The third-order valence-corrected chi connectivity index (χ3v) is 2.65. The fourth-order valence-corrected chi connectivity index (χ4v) is 1.42. The van der Waals surface area contributed by atoms with Crippen LogP contribution in [0, 0.1) is 0 Å². The number of primary amides is 1. The summed E-state index contributed by atoms with van der Waals surface area (Å²) in [5, 5.41) is 14.0. The molecule has 0 aliphatic heterocycles. The van der Waals surface area contributed by atoms with Crippen molar-refractivity contribution in [1.82, 2.24) is 10.6 Å². The molecule has 0 aliphatic carbocycles. The number of nitrogens with one attached hydrogen (secondary N) is 2. The number of aliphatic hydroxyl groups is 1. The van der Waals surface area contributed by atoms with Gasteiger partial charge in [0.2, 0.25) is 5.91 Å². The topological polar surface area (TPSA) is 104 Å². The van der Waals surface area contributed by atoms with Crippen LogP contribution >= 0.6 is 0 Å². The molecule has 0 aromatic heterocycles. The van der Waals surface area contributed by atoms with Gasteiger partial charge in [-0.3, -0.25) is 10.1 Å². The molecule has 3 amide bonds. The Balaban J connectivity index is 4.34. The number of hydrogen-bond acceptors (Lipinski definition) is 4. The van der Waals surface area contributed by atoms with Gasteiger partial charge in [0, 0.05) is 12.1 Å². The highest BCUT2D eigenvalue weighted by Gasteiger charge is 2.26. The van der Waals surface area contributed by atoms with Crippen molar-refractivity contribution in [2.45, 2.75) is 45.2 Å². The molecule has 0 spiro atoms. The lowest BCUT2D eigenvalue weighted by molar-refractivity contribution is -0.122. The molecule has 0 saturated heterocycles. The SMILES string of the molecule is CCC(C)(CCO)NC(C)C(=O)NC(N)=O. The molecular formula is C10H21N3O3. The molecule has 94 valence electrons. The van der Waals surface area contributed by atoms with Crippen LogP contribution in [0.25, 0.3) is 0 Å². The summed E-state index contributed by atoms with van der Waals surface area (Å²) in [5.41, 5.74) is 4.52. The first kappa shape index (κ1) is 14.9. The predicted octanol–water partition coefficient (Wildman–Crippen LogP) is -0.289. The van der Waals surface area contributed by atoms with E-state index in [1.54, 1.807) is 6.92 Å². The summed E-state index contributed by atoms with van der Waals surface area (Å²) in [4.78, 5) is 21.9. The van der Waals surface area contributed by atoms with Crippen LogP contribution in [0.4, 0.5) is 4.79 Å². The molecule has 5 N–H and O–H groups in total. The second-order valence-electron chi connectivity index (χ2n) is 4.11. The van der Waals surface area contributed by atoms with Crippen LogP contribution in [0.5, 0.6) is 0 Å². The molecule has 0 saturated carbocycles. The summed E-state index contributed by atoms with van der Waals surface area (Å²) in [7, 11) is 0. The minimum Gasteiger partial charge on any atom is -0.396 e. The van der Waals surface area contributed by atoms with Crippen LogP contribution in [0.1, 0.15) is 33.6 Å². The Morgan fingerprint density at radius 3 is 2.44 bits per heavy atom. The molecule has 0 heterocycles. The third kappa shape index (κ3) is 5.09. The first-order chi connectivity index (χ1) is 7.34. The second kappa shape index (κ2) is 6.44. The normalized spacial score (nSPS) is 16.2. The van der Waals surface area contributed by atoms with Gasteiger partial charge in [-0.25, -0.2) is 4.79 Å². The molecule has 16 heavy (non-hydrogen) atoms. The number of amides is 3. The summed E-state index contributed by atoms with van der Waals surface area (Å²) in [6, 6.07) is -1.40. The quantitative estimate of drug-likeness (QED) is 0.504. The molecule has 2 unspecified atom stereocenters.